The van der Waals surface area contributed by atoms with Gasteiger partial charge >= 0.3 is 0 Å². The van der Waals surface area contributed by atoms with Crippen LogP contribution in [0.1, 0.15) is 125 Å². The Labute approximate surface area is 235 Å². The molecule has 2 aromatic rings. The summed E-state index contributed by atoms with van der Waals surface area (Å²) >= 11 is 0. The molecular formula is C35H48O4. The molecule has 4 rings (SSSR count). The molecule has 39 heavy (non-hydrogen) atoms. The first-order valence-electron chi connectivity index (χ1n) is 15.6. The number of Topliss-reactive ketones (excluding diaryl/α,β-unsaturated/α-hetero) is 3. The standard InChI is InChI=1S/C35H48O4/c1-5-10-27(29(6-2)32(37)19-24(4)36)20-26-21-31-30(17-13-23(3)35(31)33(38)22-26)34-18-16-28(39-34)15-14-25-11-8-7-9-12-25/h13,16-18,25-27,29H,5-12,14-15,19-22H2,1-4H3. The van der Waals surface area contributed by atoms with Gasteiger partial charge in [0.1, 0.15) is 23.1 Å². The van der Waals surface area contributed by atoms with E-state index in [9.17, 15) is 14.4 Å². The summed E-state index contributed by atoms with van der Waals surface area (Å²) in [7, 11) is 0. The van der Waals surface area contributed by atoms with Gasteiger partial charge in [0.25, 0.3) is 0 Å². The minimum absolute atomic E-state index is 0.0239. The van der Waals surface area contributed by atoms with Crippen LogP contribution in [0.15, 0.2) is 28.7 Å². The number of aryl methyl sites for hydroxylation is 2. The highest BCUT2D eigenvalue weighted by Gasteiger charge is 2.34. The van der Waals surface area contributed by atoms with Crippen LogP contribution in [0.2, 0.25) is 0 Å². The van der Waals surface area contributed by atoms with E-state index in [0.29, 0.717) is 6.42 Å². The van der Waals surface area contributed by atoms with Crippen molar-refractivity contribution in [1.82, 2.24) is 0 Å². The van der Waals surface area contributed by atoms with Crippen molar-refractivity contribution in [3.8, 4) is 11.3 Å². The molecule has 0 bridgehead atoms. The largest absolute Gasteiger partial charge is 0.461 e. The normalized spacial score (nSPS) is 19.5. The van der Waals surface area contributed by atoms with E-state index in [0.717, 1.165) is 78.2 Å². The van der Waals surface area contributed by atoms with Gasteiger partial charge < -0.3 is 4.42 Å². The van der Waals surface area contributed by atoms with Crippen LogP contribution in [0.3, 0.4) is 0 Å². The van der Waals surface area contributed by atoms with Gasteiger partial charge in [-0.25, -0.2) is 0 Å². The van der Waals surface area contributed by atoms with Gasteiger partial charge in [-0.15, -0.1) is 0 Å². The first kappa shape index (κ1) is 29.5. The van der Waals surface area contributed by atoms with Gasteiger partial charge in [-0.2, -0.15) is 0 Å². The minimum Gasteiger partial charge on any atom is -0.461 e. The molecule has 0 spiro atoms. The van der Waals surface area contributed by atoms with E-state index in [1.165, 1.54) is 45.4 Å². The predicted molar refractivity (Wildman–Crippen MR) is 157 cm³/mol. The molecule has 3 unspecified atom stereocenters. The van der Waals surface area contributed by atoms with Gasteiger partial charge in [0.2, 0.25) is 0 Å². The van der Waals surface area contributed by atoms with E-state index in [2.05, 4.69) is 38.1 Å². The molecule has 0 aliphatic heterocycles. The Bertz CT molecular complexity index is 1150. The summed E-state index contributed by atoms with van der Waals surface area (Å²) < 4.78 is 6.39. The number of fused-ring (bicyclic) bond motifs is 1. The predicted octanol–water partition coefficient (Wildman–Crippen LogP) is 8.89. The smallest absolute Gasteiger partial charge is 0.163 e. The fourth-order valence-corrected chi connectivity index (χ4v) is 7.45. The molecule has 4 heteroatoms. The van der Waals surface area contributed by atoms with Gasteiger partial charge in [-0.05, 0) is 80.5 Å². The average molecular weight is 533 g/mol. The van der Waals surface area contributed by atoms with Crippen LogP contribution < -0.4 is 0 Å². The number of hydrogen-bond donors (Lipinski definition) is 0. The summed E-state index contributed by atoms with van der Waals surface area (Å²) in [6, 6.07) is 8.39. The Morgan fingerprint density at radius 2 is 1.77 bits per heavy atom. The highest BCUT2D eigenvalue weighted by atomic mass is 16.3. The monoisotopic (exact) mass is 532 g/mol. The van der Waals surface area contributed by atoms with E-state index in [1.807, 2.05) is 6.92 Å². The van der Waals surface area contributed by atoms with Crippen molar-refractivity contribution in [2.24, 2.45) is 23.7 Å². The number of rotatable bonds is 13. The molecule has 1 saturated carbocycles. The van der Waals surface area contributed by atoms with Crippen molar-refractivity contribution in [3.63, 3.8) is 0 Å². The molecule has 3 atom stereocenters. The second-order valence-corrected chi connectivity index (χ2v) is 12.4. The quantitative estimate of drug-likeness (QED) is 0.242. The highest BCUT2D eigenvalue weighted by Crippen LogP contribution is 2.40. The van der Waals surface area contributed by atoms with E-state index >= 15 is 0 Å². The van der Waals surface area contributed by atoms with Crippen molar-refractivity contribution >= 4 is 17.3 Å². The zero-order chi connectivity index (χ0) is 27.9. The second kappa shape index (κ2) is 13.7. The van der Waals surface area contributed by atoms with E-state index in [-0.39, 0.29) is 41.5 Å². The van der Waals surface area contributed by atoms with Gasteiger partial charge in [0.05, 0.1) is 6.42 Å². The molecule has 1 aromatic heterocycles. The number of hydrogen-bond acceptors (Lipinski definition) is 4. The number of carbonyl (C=O) groups is 3. The lowest BCUT2D eigenvalue weighted by molar-refractivity contribution is -0.129. The van der Waals surface area contributed by atoms with Gasteiger partial charge in [-0.1, -0.05) is 70.9 Å². The summed E-state index contributed by atoms with van der Waals surface area (Å²) in [6.07, 6.45) is 13.9. The van der Waals surface area contributed by atoms with Crippen LogP contribution in [0, 0.1) is 30.6 Å². The summed E-state index contributed by atoms with van der Waals surface area (Å²) in [4.78, 5) is 38.1. The van der Waals surface area contributed by atoms with Crippen molar-refractivity contribution in [2.75, 3.05) is 0 Å². The van der Waals surface area contributed by atoms with Crippen molar-refractivity contribution in [3.05, 3.63) is 46.7 Å². The van der Waals surface area contributed by atoms with Crippen LogP contribution >= 0.6 is 0 Å². The minimum atomic E-state index is -0.112. The van der Waals surface area contributed by atoms with Crippen LogP contribution in [0.25, 0.3) is 11.3 Å². The van der Waals surface area contributed by atoms with Crippen LogP contribution in [-0.2, 0) is 22.4 Å². The van der Waals surface area contributed by atoms with E-state index < -0.39 is 0 Å². The Kier molecular flexibility index (Phi) is 10.4. The average Bonchev–Trinajstić information content (AvgIpc) is 3.37. The number of carbonyl (C=O) groups excluding carboxylic acids is 3. The topological polar surface area (TPSA) is 64.3 Å². The van der Waals surface area contributed by atoms with E-state index in [1.54, 1.807) is 0 Å². The Morgan fingerprint density at radius 3 is 2.46 bits per heavy atom. The van der Waals surface area contributed by atoms with Crippen LogP contribution in [0.4, 0.5) is 0 Å². The lowest BCUT2D eigenvalue weighted by Gasteiger charge is -2.32. The van der Waals surface area contributed by atoms with Gasteiger partial charge in [0.15, 0.2) is 5.78 Å². The molecule has 2 aliphatic carbocycles. The third-order valence-electron chi connectivity index (χ3n) is 9.36. The van der Waals surface area contributed by atoms with Gasteiger partial charge in [0, 0.05) is 29.9 Å². The number of ketones is 3. The zero-order valence-corrected chi connectivity index (χ0v) is 24.7. The molecule has 0 amide bonds. The maximum absolute atomic E-state index is 13.5. The van der Waals surface area contributed by atoms with Crippen LogP contribution in [-0.4, -0.2) is 17.3 Å². The maximum atomic E-state index is 13.5. The van der Waals surface area contributed by atoms with Crippen LogP contribution in [0.5, 0.6) is 0 Å². The van der Waals surface area contributed by atoms with E-state index in [4.69, 9.17) is 4.42 Å². The summed E-state index contributed by atoms with van der Waals surface area (Å²) in [5, 5.41) is 0. The third-order valence-corrected chi connectivity index (χ3v) is 9.36. The Morgan fingerprint density at radius 1 is 1.00 bits per heavy atom. The summed E-state index contributed by atoms with van der Waals surface area (Å²) in [5.41, 5.74) is 4.07. The lowest BCUT2D eigenvalue weighted by Crippen LogP contribution is -2.30. The third kappa shape index (κ3) is 7.38. The number of benzene rings is 1. The summed E-state index contributed by atoms with van der Waals surface area (Å²) in [6.45, 7) is 7.74. The molecule has 1 heterocycles. The fourth-order valence-electron chi connectivity index (χ4n) is 7.45. The molecule has 4 nitrogen and oxygen atoms in total. The van der Waals surface area contributed by atoms with Crippen molar-refractivity contribution in [2.45, 2.75) is 118 Å². The first-order valence-corrected chi connectivity index (χ1v) is 15.6. The first-order chi connectivity index (χ1) is 18.8. The Hall–Kier alpha value is -2.49. The maximum Gasteiger partial charge on any atom is 0.163 e. The number of furan rings is 1. The molecule has 212 valence electrons. The summed E-state index contributed by atoms with van der Waals surface area (Å²) in [5.74, 6) is 3.24. The zero-order valence-electron chi connectivity index (χ0n) is 24.7. The molecule has 0 N–H and O–H groups in total. The van der Waals surface area contributed by atoms with Gasteiger partial charge in [-0.3, -0.25) is 14.4 Å². The molecule has 2 aliphatic rings. The highest BCUT2D eigenvalue weighted by molar-refractivity contribution is 6.02. The SMILES string of the molecule is CCCC(CC1CC(=O)c2c(C)ccc(-c3ccc(CCC4CCCCC4)o3)c2C1)C(CC)C(=O)CC(C)=O. The molecule has 0 radical (unpaired) electrons. The molecular weight excluding hydrogens is 484 g/mol. The second-order valence-electron chi connectivity index (χ2n) is 12.4. The molecule has 1 aromatic carbocycles. The lowest BCUT2D eigenvalue weighted by atomic mass is 9.71. The van der Waals surface area contributed by atoms with Crippen molar-refractivity contribution in [1.29, 1.82) is 0 Å². The molecule has 1 fully saturated rings. The fraction of sp³-hybridized carbons (Fsp3) is 0.629. The van der Waals surface area contributed by atoms with Crippen molar-refractivity contribution < 1.29 is 18.8 Å². The molecule has 0 saturated heterocycles. The Balaban J connectivity index is 1.53.